The molecule has 1 fully saturated rings. The molecule has 0 saturated carbocycles. The number of likely N-dealkylation sites (tertiary alicyclic amines) is 1. The summed E-state index contributed by atoms with van der Waals surface area (Å²) in [7, 11) is 0. The molecule has 0 bridgehead atoms. The Kier molecular flexibility index (Phi) is 5.81. The summed E-state index contributed by atoms with van der Waals surface area (Å²) in [4.78, 5) is 25.3. The van der Waals surface area contributed by atoms with Gasteiger partial charge in [-0.1, -0.05) is 0 Å². The molecule has 6 heteroatoms. The van der Waals surface area contributed by atoms with Crippen molar-refractivity contribution in [1.82, 2.24) is 10.2 Å². The molecule has 1 aliphatic rings. The Morgan fingerprint density at radius 2 is 2.15 bits per heavy atom. The quantitative estimate of drug-likeness (QED) is 0.855. The third-order valence-corrected chi connectivity index (χ3v) is 2.95. The largest absolute Gasteiger partial charge is 0.444 e. The normalized spacial score (nSPS) is 19.1. The number of rotatable bonds is 3. The standard InChI is InChI=1S/C14H23N3O3/c1-14(2,3)20-13(19)16-11-6-5-9-17(10-11)12(18)7-4-8-15/h11H,4-7,9-10H2,1-3H3,(H,16,19). The Balaban J connectivity index is 2.43. The van der Waals surface area contributed by atoms with Crippen LogP contribution < -0.4 is 5.32 Å². The zero-order chi connectivity index (χ0) is 15.2. The molecule has 1 heterocycles. The van der Waals surface area contributed by atoms with Crippen molar-refractivity contribution in [2.45, 2.75) is 58.1 Å². The molecule has 0 aromatic rings. The zero-order valence-corrected chi connectivity index (χ0v) is 12.4. The molecule has 2 amide bonds. The predicted octanol–water partition coefficient (Wildman–Crippen LogP) is 1.81. The number of hydrogen-bond acceptors (Lipinski definition) is 4. The lowest BCUT2D eigenvalue weighted by atomic mass is 10.1. The van der Waals surface area contributed by atoms with E-state index in [0.717, 1.165) is 12.8 Å². The molecule has 1 N–H and O–H groups in total. The van der Waals surface area contributed by atoms with Crippen LogP contribution in [0, 0.1) is 11.3 Å². The highest BCUT2D eigenvalue weighted by Gasteiger charge is 2.26. The molecular formula is C14H23N3O3. The van der Waals surface area contributed by atoms with Crippen LogP contribution in [0.2, 0.25) is 0 Å². The second-order valence-corrected chi connectivity index (χ2v) is 5.98. The fourth-order valence-corrected chi connectivity index (χ4v) is 2.12. The highest BCUT2D eigenvalue weighted by Crippen LogP contribution is 2.13. The van der Waals surface area contributed by atoms with E-state index in [1.54, 1.807) is 4.90 Å². The van der Waals surface area contributed by atoms with Gasteiger partial charge >= 0.3 is 6.09 Å². The number of piperidine rings is 1. The summed E-state index contributed by atoms with van der Waals surface area (Å²) < 4.78 is 5.20. The monoisotopic (exact) mass is 281 g/mol. The van der Waals surface area contributed by atoms with E-state index in [4.69, 9.17) is 10.00 Å². The highest BCUT2D eigenvalue weighted by atomic mass is 16.6. The van der Waals surface area contributed by atoms with Gasteiger partial charge in [0.2, 0.25) is 5.91 Å². The van der Waals surface area contributed by atoms with E-state index in [0.29, 0.717) is 13.1 Å². The fraction of sp³-hybridized carbons (Fsp3) is 0.786. The summed E-state index contributed by atoms with van der Waals surface area (Å²) in [6.45, 7) is 6.61. The van der Waals surface area contributed by atoms with Crippen molar-refractivity contribution in [2.24, 2.45) is 0 Å². The van der Waals surface area contributed by atoms with Gasteiger partial charge in [0.05, 0.1) is 6.07 Å². The number of amides is 2. The summed E-state index contributed by atoms with van der Waals surface area (Å²) >= 11 is 0. The smallest absolute Gasteiger partial charge is 0.407 e. The number of alkyl carbamates (subject to hydrolysis) is 1. The van der Waals surface area contributed by atoms with E-state index >= 15 is 0 Å². The predicted molar refractivity (Wildman–Crippen MR) is 73.8 cm³/mol. The summed E-state index contributed by atoms with van der Waals surface area (Å²) in [5, 5.41) is 11.3. The topological polar surface area (TPSA) is 82.4 Å². The van der Waals surface area contributed by atoms with Crippen LogP contribution in [-0.4, -0.2) is 41.6 Å². The van der Waals surface area contributed by atoms with Gasteiger partial charge < -0.3 is 15.0 Å². The lowest BCUT2D eigenvalue weighted by molar-refractivity contribution is -0.132. The van der Waals surface area contributed by atoms with Gasteiger partial charge in [-0.05, 0) is 33.6 Å². The molecule has 0 aromatic heterocycles. The van der Waals surface area contributed by atoms with Crippen LogP contribution in [0.1, 0.15) is 46.5 Å². The average Bonchev–Trinajstić information content (AvgIpc) is 2.33. The van der Waals surface area contributed by atoms with Gasteiger partial charge in [-0.3, -0.25) is 4.79 Å². The summed E-state index contributed by atoms with van der Waals surface area (Å²) in [6.07, 6.45) is 1.71. The van der Waals surface area contributed by atoms with Gasteiger partial charge in [-0.25, -0.2) is 4.79 Å². The van der Waals surface area contributed by atoms with Gasteiger partial charge in [-0.15, -0.1) is 0 Å². The molecule has 1 aliphatic heterocycles. The van der Waals surface area contributed by atoms with Gasteiger partial charge in [-0.2, -0.15) is 5.26 Å². The molecule has 1 saturated heterocycles. The average molecular weight is 281 g/mol. The van der Waals surface area contributed by atoms with Crippen molar-refractivity contribution < 1.29 is 14.3 Å². The first-order chi connectivity index (χ1) is 9.31. The molecule has 1 unspecified atom stereocenters. The minimum Gasteiger partial charge on any atom is -0.444 e. The van der Waals surface area contributed by atoms with Crippen molar-refractivity contribution in [1.29, 1.82) is 5.26 Å². The summed E-state index contributed by atoms with van der Waals surface area (Å²) in [5.41, 5.74) is -0.527. The van der Waals surface area contributed by atoms with Crippen LogP contribution in [0.25, 0.3) is 0 Å². The Labute approximate surface area is 120 Å². The summed E-state index contributed by atoms with van der Waals surface area (Å²) in [5.74, 6) is -0.0257. The van der Waals surface area contributed by atoms with Gasteiger partial charge in [0.25, 0.3) is 0 Å². The zero-order valence-electron chi connectivity index (χ0n) is 12.4. The lowest BCUT2D eigenvalue weighted by Gasteiger charge is -2.33. The third kappa shape index (κ3) is 5.91. The van der Waals surface area contributed by atoms with Gasteiger partial charge in [0.1, 0.15) is 5.60 Å². The summed E-state index contributed by atoms with van der Waals surface area (Å²) in [6, 6.07) is 1.89. The SMILES string of the molecule is CC(C)(C)OC(=O)NC1CCCN(C(=O)CCC#N)C1. The molecule has 0 radical (unpaired) electrons. The van der Waals surface area contributed by atoms with Crippen molar-refractivity contribution in [3.8, 4) is 6.07 Å². The van der Waals surface area contributed by atoms with E-state index in [2.05, 4.69) is 5.32 Å². The van der Waals surface area contributed by atoms with E-state index < -0.39 is 11.7 Å². The first-order valence-electron chi connectivity index (χ1n) is 6.96. The number of nitriles is 1. The Bertz CT molecular complexity index is 395. The number of hydrogen-bond donors (Lipinski definition) is 1. The van der Waals surface area contributed by atoms with Crippen LogP contribution in [-0.2, 0) is 9.53 Å². The Morgan fingerprint density at radius 1 is 1.45 bits per heavy atom. The number of carbonyl (C=O) groups excluding carboxylic acids is 2. The maximum atomic E-state index is 11.8. The van der Waals surface area contributed by atoms with E-state index in [1.807, 2.05) is 26.8 Å². The second kappa shape index (κ2) is 7.13. The molecule has 6 nitrogen and oxygen atoms in total. The van der Waals surface area contributed by atoms with Crippen LogP contribution in [0.3, 0.4) is 0 Å². The molecule has 0 aromatic carbocycles. The minimum absolute atomic E-state index is 0.0257. The fourth-order valence-electron chi connectivity index (χ4n) is 2.12. The van der Waals surface area contributed by atoms with Crippen LogP contribution in [0.4, 0.5) is 4.79 Å². The number of nitrogens with one attached hydrogen (secondary N) is 1. The van der Waals surface area contributed by atoms with Crippen LogP contribution in [0.5, 0.6) is 0 Å². The molecular weight excluding hydrogens is 258 g/mol. The minimum atomic E-state index is -0.527. The highest BCUT2D eigenvalue weighted by molar-refractivity contribution is 5.76. The maximum Gasteiger partial charge on any atom is 0.407 e. The maximum absolute atomic E-state index is 11.8. The second-order valence-electron chi connectivity index (χ2n) is 5.98. The molecule has 0 aliphatic carbocycles. The molecule has 112 valence electrons. The number of carbonyl (C=O) groups is 2. The number of ether oxygens (including phenoxy) is 1. The first kappa shape index (κ1) is 16.3. The van der Waals surface area contributed by atoms with Crippen molar-refractivity contribution in [3.63, 3.8) is 0 Å². The number of nitrogens with zero attached hydrogens (tertiary/aromatic N) is 2. The third-order valence-electron chi connectivity index (χ3n) is 2.95. The molecule has 1 atom stereocenters. The molecule has 20 heavy (non-hydrogen) atoms. The van der Waals surface area contributed by atoms with Gasteiger partial charge in [0.15, 0.2) is 0 Å². The van der Waals surface area contributed by atoms with Crippen molar-refractivity contribution in [2.75, 3.05) is 13.1 Å². The van der Waals surface area contributed by atoms with E-state index in [-0.39, 0.29) is 24.8 Å². The Morgan fingerprint density at radius 3 is 2.75 bits per heavy atom. The molecule has 1 rings (SSSR count). The van der Waals surface area contributed by atoms with Crippen molar-refractivity contribution >= 4 is 12.0 Å². The van der Waals surface area contributed by atoms with E-state index in [1.165, 1.54) is 0 Å². The van der Waals surface area contributed by atoms with Gasteiger partial charge in [0, 0.05) is 32.0 Å². The van der Waals surface area contributed by atoms with Crippen LogP contribution in [0.15, 0.2) is 0 Å². The van der Waals surface area contributed by atoms with Crippen LogP contribution >= 0.6 is 0 Å². The van der Waals surface area contributed by atoms with E-state index in [9.17, 15) is 9.59 Å². The first-order valence-corrected chi connectivity index (χ1v) is 6.96. The Hall–Kier alpha value is -1.77. The molecule has 0 spiro atoms. The lowest BCUT2D eigenvalue weighted by Crippen LogP contribution is -2.50. The van der Waals surface area contributed by atoms with Crippen molar-refractivity contribution in [3.05, 3.63) is 0 Å².